The number of para-hydroxylation sites is 1. The van der Waals surface area contributed by atoms with E-state index in [4.69, 9.17) is 0 Å². The summed E-state index contributed by atoms with van der Waals surface area (Å²) in [5.41, 5.74) is 6.39. The second-order valence-corrected chi connectivity index (χ2v) is 6.52. The molecule has 4 nitrogen and oxygen atoms in total. The maximum Gasteiger partial charge on any atom is 0.0965 e. The van der Waals surface area contributed by atoms with Gasteiger partial charge >= 0.3 is 0 Å². The molecule has 130 valence electrons. The van der Waals surface area contributed by atoms with Crippen LogP contribution in [0.5, 0.6) is 0 Å². The molecule has 0 aliphatic carbocycles. The zero-order chi connectivity index (χ0) is 18.4. The lowest BCUT2D eigenvalue weighted by molar-refractivity contribution is 1.06. The van der Waals surface area contributed by atoms with E-state index in [1.807, 2.05) is 58.5 Å². The van der Waals surface area contributed by atoms with Gasteiger partial charge in [-0.3, -0.25) is 0 Å². The first-order valence-electron chi connectivity index (χ1n) is 8.31. The summed E-state index contributed by atoms with van der Waals surface area (Å²) in [6, 6.07) is 16.5. The number of anilines is 3. The van der Waals surface area contributed by atoms with Crippen LogP contribution < -0.4 is 15.1 Å². The maximum atomic E-state index is 9.50. The topological polar surface area (TPSA) is 42.3 Å². The first-order valence-corrected chi connectivity index (χ1v) is 8.31. The van der Waals surface area contributed by atoms with Crippen LogP contribution in [0.3, 0.4) is 0 Å². The van der Waals surface area contributed by atoms with Crippen molar-refractivity contribution < 1.29 is 0 Å². The Bertz CT molecular complexity index is 754. The third-order valence-electron chi connectivity index (χ3n) is 4.10. The fourth-order valence-electron chi connectivity index (χ4n) is 2.82. The van der Waals surface area contributed by atoms with Gasteiger partial charge in [0, 0.05) is 63.4 Å². The van der Waals surface area contributed by atoms with Gasteiger partial charge in [0.15, 0.2) is 0 Å². The molecule has 0 amide bonds. The number of hydrogen-bond acceptors (Lipinski definition) is 4. The summed E-state index contributed by atoms with van der Waals surface area (Å²) in [6.07, 6.45) is 2.39. The van der Waals surface area contributed by atoms with Gasteiger partial charge in [0.1, 0.15) is 0 Å². The fourth-order valence-corrected chi connectivity index (χ4v) is 2.82. The Balaban J connectivity index is 2.29. The predicted molar refractivity (Wildman–Crippen MR) is 107 cm³/mol. The van der Waals surface area contributed by atoms with E-state index in [0.29, 0.717) is 12.0 Å². The first kappa shape index (κ1) is 18.4. The monoisotopic (exact) mass is 334 g/mol. The van der Waals surface area contributed by atoms with E-state index < -0.39 is 0 Å². The Morgan fingerprint density at radius 1 is 1.04 bits per heavy atom. The predicted octanol–water partition coefficient (Wildman–Crippen LogP) is 4.19. The highest BCUT2D eigenvalue weighted by Crippen LogP contribution is 2.30. The van der Waals surface area contributed by atoms with Crippen LogP contribution >= 0.6 is 0 Å². The van der Waals surface area contributed by atoms with Crippen LogP contribution in [-0.2, 0) is 6.42 Å². The van der Waals surface area contributed by atoms with Gasteiger partial charge in [-0.2, -0.15) is 5.26 Å². The lowest BCUT2D eigenvalue weighted by atomic mass is 10.0. The van der Waals surface area contributed by atoms with Crippen molar-refractivity contribution in [3.05, 3.63) is 65.4 Å². The Morgan fingerprint density at radius 3 is 2.08 bits per heavy atom. The van der Waals surface area contributed by atoms with Crippen molar-refractivity contribution in [3.63, 3.8) is 0 Å². The van der Waals surface area contributed by atoms with Crippen molar-refractivity contribution in [1.82, 2.24) is 0 Å². The first-order chi connectivity index (χ1) is 11.9. The fraction of sp³-hybridized carbons (Fsp3) is 0.286. The maximum absolute atomic E-state index is 9.50. The number of nitriles is 1. The second kappa shape index (κ2) is 8.25. The molecule has 2 aromatic carbocycles. The average Bonchev–Trinajstić information content (AvgIpc) is 2.60. The van der Waals surface area contributed by atoms with E-state index in [2.05, 4.69) is 40.2 Å². The Labute approximate surface area is 151 Å². The molecule has 25 heavy (non-hydrogen) atoms. The Morgan fingerprint density at radius 2 is 1.60 bits per heavy atom. The van der Waals surface area contributed by atoms with Gasteiger partial charge in [-0.1, -0.05) is 18.2 Å². The summed E-state index contributed by atoms with van der Waals surface area (Å²) in [5, 5.41) is 12.7. The summed E-state index contributed by atoms with van der Waals surface area (Å²) < 4.78 is 0. The van der Waals surface area contributed by atoms with Gasteiger partial charge in [-0.15, -0.1) is 0 Å². The number of rotatable bonds is 6. The van der Waals surface area contributed by atoms with Crippen LogP contribution in [0.1, 0.15) is 11.1 Å². The van der Waals surface area contributed by atoms with Crippen LogP contribution in [0.4, 0.5) is 17.1 Å². The number of hydrogen-bond donors (Lipinski definition) is 1. The Kier molecular flexibility index (Phi) is 6.08. The summed E-state index contributed by atoms with van der Waals surface area (Å²) in [5.74, 6) is 0. The number of allylic oxidation sites excluding steroid dienone is 1. The normalized spacial score (nSPS) is 11.0. The van der Waals surface area contributed by atoms with Crippen LogP contribution in [0.15, 0.2) is 54.2 Å². The zero-order valence-electron chi connectivity index (χ0n) is 15.7. The number of benzene rings is 2. The molecule has 0 aromatic heterocycles. The minimum Gasteiger partial charge on any atom is -0.377 e. The van der Waals surface area contributed by atoms with Crippen molar-refractivity contribution >= 4 is 17.1 Å². The highest BCUT2D eigenvalue weighted by Gasteiger charge is 2.11. The largest absolute Gasteiger partial charge is 0.377 e. The van der Waals surface area contributed by atoms with Crippen LogP contribution in [0.25, 0.3) is 0 Å². The molecule has 0 radical (unpaired) electrons. The molecule has 0 saturated heterocycles. The molecule has 2 aromatic rings. The quantitative estimate of drug-likeness (QED) is 0.805. The second-order valence-electron chi connectivity index (χ2n) is 6.52. The van der Waals surface area contributed by atoms with Crippen molar-refractivity contribution in [2.45, 2.75) is 13.3 Å². The molecular weight excluding hydrogens is 308 g/mol. The Hall–Kier alpha value is -2.93. The molecule has 2 rings (SSSR count). The van der Waals surface area contributed by atoms with Crippen LogP contribution in [-0.4, -0.2) is 28.2 Å². The molecule has 0 aliphatic rings. The SMILES string of the molecule is Cc1c(N(C)C)cc(CC(C#N)=CNc2ccccc2)cc1N(C)C. The molecule has 1 N–H and O–H groups in total. The molecule has 4 heteroatoms. The number of nitrogens with one attached hydrogen (secondary N) is 1. The standard InChI is InChI=1S/C21H26N4/c1-16-20(24(2)3)12-17(13-21(16)25(4)5)11-18(14-22)15-23-19-9-7-6-8-10-19/h6-10,12-13,15,23H,11H2,1-5H3. The van der Waals surface area contributed by atoms with E-state index >= 15 is 0 Å². The van der Waals surface area contributed by atoms with Gasteiger partial charge < -0.3 is 15.1 Å². The summed E-state index contributed by atoms with van der Waals surface area (Å²) in [6.45, 7) is 2.13. The lowest BCUT2D eigenvalue weighted by Gasteiger charge is -2.24. The van der Waals surface area contributed by atoms with E-state index in [1.54, 1.807) is 6.20 Å². The molecule has 0 fully saturated rings. The molecular formula is C21H26N4. The van der Waals surface area contributed by atoms with Gasteiger partial charge in [0.25, 0.3) is 0 Å². The molecule has 0 aliphatic heterocycles. The molecule has 0 atom stereocenters. The third-order valence-corrected chi connectivity index (χ3v) is 4.10. The summed E-state index contributed by atoms with van der Waals surface area (Å²) >= 11 is 0. The molecule has 0 spiro atoms. The molecule has 0 bridgehead atoms. The molecule has 0 saturated carbocycles. The van der Waals surface area contributed by atoms with Crippen molar-refractivity contribution in [2.75, 3.05) is 43.3 Å². The van der Waals surface area contributed by atoms with Crippen molar-refractivity contribution in [2.24, 2.45) is 0 Å². The summed E-state index contributed by atoms with van der Waals surface area (Å²) in [7, 11) is 8.18. The average molecular weight is 334 g/mol. The van der Waals surface area contributed by atoms with Crippen LogP contribution in [0, 0.1) is 18.3 Å². The van der Waals surface area contributed by atoms with Crippen molar-refractivity contribution in [1.29, 1.82) is 5.26 Å². The van der Waals surface area contributed by atoms with Gasteiger partial charge in [-0.05, 0) is 42.3 Å². The van der Waals surface area contributed by atoms with Gasteiger partial charge in [-0.25, -0.2) is 0 Å². The smallest absolute Gasteiger partial charge is 0.0965 e. The van der Waals surface area contributed by atoms with Crippen molar-refractivity contribution in [3.8, 4) is 6.07 Å². The lowest BCUT2D eigenvalue weighted by Crippen LogP contribution is -2.16. The van der Waals surface area contributed by atoms with E-state index in [9.17, 15) is 5.26 Å². The summed E-state index contributed by atoms with van der Waals surface area (Å²) in [4.78, 5) is 4.23. The van der Waals surface area contributed by atoms with Gasteiger partial charge in [0.2, 0.25) is 0 Å². The van der Waals surface area contributed by atoms with Gasteiger partial charge in [0.05, 0.1) is 6.07 Å². The van der Waals surface area contributed by atoms with E-state index in [-0.39, 0.29) is 0 Å². The minimum atomic E-state index is 0.596. The minimum absolute atomic E-state index is 0.596. The number of nitrogens with zero attached hydrogens (tertiary/aromatic N) is 3. The third kappa shape index (κ3) is 4.77. The highest BCUT2D eigenvalue weighted by atomic mass is 15.1. The zero-order valence-corrected chi connectivity index (χ0v) is 15.7. The highest BCUT2D eigenvalue weighted by molar-refractivity contribution is 5.68. The van der Waals surface area contributed by atoms with E-state index in [1.165, 1.54) is 16.9 Å². The molecule has 0 unspecified atom stereocenters. The molecule has 0 heterocycles. The van der Waals surface area contributed by atoms with E-state index in [0.717, 1.165) is 11.3 Å². The van der Waals surface area contributed by atoms with Crippen LogP contribution in [0.2, 0.25) is 0 Å².